The van der Waals surface area contributed by atoms with Crippen molar-refractivity contribution >= 4 is 5.69 Å². The van der Waals surface area contributed by atoms with Crippen molar-refractivity contribution < 1.29 is 10.2 Å². The Morgan fingerprint density at radius 3 is 2.60 bits per heavy atom. The molecule has 5 N–H and O–H groups in total. The number of aliphatic hydroxyl groups excluding tert-OH is 2. The third-order valence-electron chi connectivity index (χ3n) is 2.34. The summed E-state index contributed by atoms with van der Waals surface area (Å²) in [7, 11) is 1.72. The average molecular weight is 210 g/mol. The van der Waals surface area contributed by atoms with E-state index in [0.29, 0.717) is 17.8 Å². The van der Waals surface area contributed by atoms with Crippen LogP contribution in [0.2, 0.25) is 0 Å². The molecule has 0 amide bonds. The molecule has 84 valence electrons. The molecular weight excluding hydrogens is 192 g/mol. The molecule has 4 nitrogen and oxygen atoms in total. The van der Waals surface area contributed by atoms with E-state index in [1.807, 2.05) is 13.0 Å². The molecule has 0 bridgehead atoms. The van der Waals surface area contributed by atoms with E-state index in [2.05, 4.69) is 5.32 Å². The Hall–Kier alpha value is -1.10. The summed E-state index contributed by atoms with van der Waals surface area (Å²) >= 11 is 0. The maximum atomic E-state index is 9.82. The number of likely N-dealkylation sites (N-methyl/N-ethyl adjacent to an activating group) is 1. The molecule has 2 unspecified atom stereocenters. The van der Waals surface area contributed by atoms with Crippen LogP contribution in [0.5, 0.6) is 0 Å². The van der Waals surface area contributed by atoms with Crippen LogP contribution in [0.3, 0.4) is 0 Å². The largest absolute Gasteiger partial charge is 0.398 e. The third-order valence-corrected chi connectivity index (χ3v) is 2.34. The van der Waals surface area contributed by atoms with E-state index >= 15 is 0 Å². The smallest absolute Gasteiger partial charge is 0.108 e. The summed E-state index contributed by atoms with van der Waals surface area (Å²) in [6, 6.07) is 5.39. The van der Waals surface area contributed by atoms with Crippen molar-refractivity contribution in [2.24, 2.45) is 0 Å². The minimum absolute atomic E-state index is 0.328. The number of nitrogen functional groups attached to an aromatic ring is 1. The van der Waals surface area contributed by atoms with Gasteiger partial charge in [-0.2, -0.15) is 0 Å². The van der Waals surface area contributed by atoms with Crippen molar-refractivity contribution in [3.63, 3.8) is 0 Å². The Balaban J connectivity index is 2.86. The molecule has 0 aliphatic rings. The lowest BCUT2D eigenvalue weighted by molar-refractivity contribution is 0.0207. The summed E-state index contributed by atoms with van der Waals surface area (Å²) in [4.78, 5) is 0. The summed E-state index contributed by atoms with van der Waals surface area (Å²) < 4.78 is 0. The van der Waals surface area contributed by atoms with Crippen LogP contribution >= 0.6 is 0 Å². The lowest BCUT2D eigenvalue weighted by Gasteiger charge is -2.19. The highest BCUT2D eigenvalue weighted by Gasteiger charge is 2.19. The summed E-state index contributed by atoms with van der Waals surface area (Å²) in [5.74, 6) is 0. The Labute approximate surface area is 89.7 Å². The van der Waals surface area contributed by atoms with E-state index in [1.165, 1.54) is 0 Å². The minimum Gasteiger partial charge on any atom is -0.398 e. The zero-order chi connectivity index (χ0) is 11.4. The number of aliphatic hydroxyl groups is 2. The van der Waals surface area contributed by atoms with Crippen LogP contribution in [-0.4, -0.2) is 29.9 Å². The second-order valence-electron chi connectivity index (χ2n) is 3.70. The SMILES string of the molecule is CNCC(O)C(O)c1ccc(C)cc1N. The number of aryl methyl sites for hydroxylation is 1. The molecule has 15 heavy (non-hydrogen) atoms. The van der Waals surface area contributed by atoms with Crippen molar-refractivity contribution in [3.05, 3.63) is 29.3 Å². The van der Waals surface area contributed by atoms with E-state index in [-0.39, 0.29) is 0 Å². The zero-order valence-corrected chi connectivity index (χ0v) is 9.07. The van der Waals surface area contributed by atoms with Crippen molar-refractivity contribution in [2.75, 3.05) is 19.3 Å². The van der Waals surface area contributed by atoms with Gasteiger partial charge in [0.15, 0.2) is 0 Å². The van der Waals surface area contributed by atoms with Crippen molar-refractivity contribution in [1.82, 2.24) is 5.32 Å². The second-order valence-corrected chi connectivity index (χ2v) is 3.70. The molecule has 1 aromatic rings. The van der Waals surface area contributed by atoms with Gasteiger partial charge < -0.3 is 21.3 Å². The van der Waals surface area contributed by atoms with E-state index in [4.69, 9.17) is 5.73 Å². The van der Waals surface area contributed by atoms with Gasteiger partial charge in [-0.3, -0.25) is 0 Å². The number of hydrogen-bond donors (Lipinski definition) is 4. The fourth-order valence-electron chi connectivity index (χ4n) is 1.49. The van der Waals surface area contributed by atoms with Gasteiger partial charge in [-0.25, -0.2) is 0 Å². The first-order valence-corrected chi connectivity index (χ1v) is 4.93. The van der Waals surface area contributed by atoms with Crippen LogP contribution < -0.4 is 11.1 Å². The molecule has 0 saturated heterocycles. The van der Waals surface area contributed by atoms with Gasteiger partial charge in [0, 0.05) is 17.8 Å². The van der Waals surface area contributed by atoms with Crippen LogP contribution in [0.25, 0.3) is 0 Å². The zero-order valence-electron chi connectivity index (χ0n) is 9.07. The van der Waals surface area contributed by atoms with Crippen molar-refractivity contribution in [2.45, 2.75) is 19.1 Å². The number of nitrogens with one attached hydrogen (secondary N) is 1. The van der Waals surface area contributed by atoms with Gasteiger partial charge in [-0.1, -0.05) is 12.1 Å². The molecule has 0 saturated carbocycles. The molecule has 4 heteroatoms. The Morgan fingerprint density at radius 2 is 2.07 bits per heavy atom. The van der Waals surface area contributed by atoms with E-state index < -0.39 is 12.2 Å². The molecule has 1 rings (SSSR count). The highest BCUT2D eigenvalue weighted by molar-refractivity contribution is 5.50. The van der Waals surface area contributed by atoms with E-state index in [9.17, 15) is 10.2 Å². The molecule has 0 radical (unpaired) electrons. The van der Waals surface area contributed by atoms with E-state index in [1.54, 1.807) is 19.2 Å². The van der Waals surface area contributed by atoms with Gasteiger partial charge in [0.2, 0.25) is 0 Å². The molecule has 0 aliphatic heterocycles. The fraction of sp³-hybridized carbons (Fsp3) is 0.455. The number of hydrogen-bond acceptors (Lipinski definition) is 4. The van der Waals surface area contributed by atoms with Gasteiger partial charge in [0.1, 0.15) is 6.10 Å². The monoisotopic (exact) mass is 210 g/mol. The molecule has 0 aromatic heterocycles. The fourth-order valence-corrected chi connectivity index (χ4v) is 1.49. The van der Waals surface area contributed by atoms with Crippen molar-refractivity contribution in [1.29, 1.82) is 0 Å². The van der Waals surface area contributed by atoms with Crippen LogP contribution in [0.4, 0.5) is 5.69 Å². The predicted octanol–water partition coefficient (Wildman–Crippen LogP) is 0.191. The second kappa shape index (κ2) is 5.11. The molecule has 2 atom stereocenters. The summed E-state index contributed by atoms with van der Waals surface area (Å²) in [6.45, 7) is 2.25. The standard InChI is InChI=1S/C11H18N2O2/c1-7-3-4-8(9(12)5-7)11(15)10(14)6-13-2/h3-5,10-11,13-15H,6,12H2,1-2H3. The van der Waals surface area contributed by atoms with Gasteiger partial charge in [0.05, 0.1) is 6.10 Å². The summed E-state index contributed by atoms with van der Waals surface area (Å²) in [5, 5.41) is 22.2. The van der Waals surface area contributed by atoms with Gasteiger partial charge in [-0.15, -0.1) is 0 Å². The number of nitrogens with two attached hydrogens (primary N) is 1. The Bertz CT molecular complexity index is 328. The highest BCUT2D eigenvalue weighted by Crippen LogP contribution is 2.23. The number of benzene rings is 1. The Morgan fingerprint density at radius 1 is 1.40 bits per heavy atom. The first-order chi connectivity index (χ1) is 7.06. The topological polar surface area (TPSA) is 78.5 Å². The van der Waals surface area contributed by atoms with Crippen LogP contribution in [0.1, 0.15) is 17.2 Å². The van der Waals surface area contributed by atoms with E-state index in [0.717, 1.165) is 5.56 Å². The van der Waals surface area contributed by atoms with Crippen LogP contribution in [0.15, 0.2) is 18.2 Å². The summed E-state index contributed by atoms with van der Waals surface area (Å²) in [5.41, 5.74) is 7.88. The lowest BCUT2D eigenvalue weighted by atomic mass is 10.0. The van der Waals surface area contributed by atoms with Crippen LogP contribution in [-0.2, 0) is 0 Å². The third kappa shape index (κ3) is 2.92. The summed E-state index contributed by atoms with van der Waals surface area (Å²) in [6.07, 6.45) is -1.79. The number of rotatable bonds is 4. The normalized spacial score (nSPS) is 14.9. The molecule has 0 fully saturated rings. The maximum absolute atomic E-state index is 9.82. The minimum atomic E-state index is -0.946. The van der Waals surface area contributed by atoms with Crippen LogP contribution in [0, 0.1) is 6.92 Å². The average Bonchev–Trinajstić information content (AvgIpc) is 2.17. The molecule has 1 aromatic carbocycles. The van der Waals surface area contributed by atoms with Gasteiger partial charge in [0.25, 0.3) is 0 Å². The molecule has 0 aliphatic carbocycles. The van der Waals surface area contributed by atoms with Gasteiger partial charge >= 0.3 is 0 Å². The Kier molecular flexibility index (Phi) is 4.08. The first kappa shape index (κ1) is 12.0. The molecule has 0 spiro atoms. The maximum Gasteiger partial charge on any atom is 0.108 e. The number of anilines is 1. The first-order valence-electron chi connectivity index (χ1n) is 4.93. The van der Waals surface area contributed by atoms with Crippen molar-refractivity contribution in [3.8, 4) is 0 Å². The van der Waals surface area contributed by atoms with Gasteiger partial charge in [-0.05, 0) is 25.6 Å². The predicted molar refractivity (Wildman–Crippen MR) is 60.5 cm³/mol. The lowest BCUT2D eigenvalue weighted by Crippen LogP contribution is -2.30. The highest BCUT2D eigenvalue weighted by atomic mass is 16.3. The molecular formula is C11H18N2O2. The molecule has 0 heterocycles. The quantitative estimate of drug-likeness (QED) is 0.535.